The van der Waals surface area contributed by atoms with Crippen LogP contribution in [0.1, 0.15) is 17.2 Å². The zero-order chi connectivity index (χ0) is 11.5. The Labute approximate surface area is 93.3 Å². The van der Waals surface area contributed by atoms with Gasteiger partial charge in [-0.3, -0.25) is 0 Å². The Hall–Kier alpha value is -1.97. The molecule has 0 bridgehead atoms. The van der Waals surface area contributed by atoms with E-state index in [0.717, 1.165) is 17.2 Å². The lowest BCUT2D eigenvalue weighted by Crippen LogP contribution is -1.93. The molecular formula is C12H12FN3. The Kier molecular flexibility index (Phi) is 2.81. The summed E-state index contributed by atoms with van der Waals surface area (Å²) in [6.45, 7) is 1.89. The number of aromatic nitrogens is 3. The summed E-state index contributed by atoms with van der Waals surface area (Å²) < 4.78 is 14.6. The van der Waals surface area contributed by atoms with Gasteiger partial charge >= 0.3 is 0 Å². The molecule has 16 heavy (non-hydrogen) atoms. The van der Waals surface area contributed by atoms with Gasteiger partial charge in [0.1, 0.15) is 11.6 Å². The highest BCUT2D eigenvalue weighted by molar-refractivity contribution is 5.66. The highest BCUT2D eigenvalue weighted by Gasteiger charge is 1.99. The molecule has 0 aliphatic carbocycles. The van der Waals surface area contributed by atoms with Crippen molar-refractivity contribution < 1.29 is 4.39 Å². The maximum Gasteiger partial charge on any atom is 0.156 e. The van der Waals surface area contributed by atoms with Crippen LogP contribution in [0.2, 0.25) is 0 Å². The van der Waals surface area contributed by atoms with Crippen LogP contribution in [0.15, 0.2) is 24.3 Å². The van der Waals surface area contributed by atoms with Crippen molar-refractivity contribution in [3.8, 4) is 0 Å². The molecule has 3 nitrogen and oxygen atoms in total. The SMILES string of the molecule is Cc1nnc(/C=C/c2ccc(F)cc2)n1C. The molecule has 0 radical (unpaired) electrons. The molecule has 0 fully saturated rings. The van der Waals surface area contributed by atoms with E-state index in [2.05, 4.69) is 10.2 Å². The molecule has 82 valence electrons. The summed E-state index contributed by atoms with van der Waals surface area (Å²) in [4.78, 5) is 0. The van der Waals surface area contributed by atoms with Gasteiger partial charge in [-0.2, -0.15) is 0 Å². The second-order valence-corrected chi connectivity index (χ2v) is 3.55. The number of nitrogens with zero attached hydrogens (tertiary/aromatic N) is 3. The Balaban J connectivity index is 2.21. The highest BCUT2D eigenvalue weighted by atomic mass is 19.1. The Morgan fingerprint density at radius 2 is 1.81 bits per heavy atom. The van der Waals surface area contributed by atoms with E-state index < -0.39 is 0 Å². The minimum absolute atomic E-state index is 0.230. The lowest BCUT2D eigenvalue weighted by Gasteiger charge is -1.95. The topological polar surface area (TPSA) is 30.7 Å². The lowest BCUT2D eigenvalue weighted by molar-refractivity contribution is 0.628. The zero-order valence-electron chi connectivity index (χ0n) is 9.18. The predicted molar refractivity (Wildman–Crippen MR) is 61.1 cm³/mol. The summed E-state index contributed by atoms with van der Waals surface area (Å²) in [5.74, 6) is 1.41. The smallest absolute Gasteiger partial charge is 0.156 e. The third-order valence-electron chi connectivity index (χ3n) is 2.42. The third-order valence-corrected chi connectivity index (χ3v) is 2.42. The maximum absolute atomic E-state index is 12.7. The van der Waals surface area contributed by atoms with Gasteiger partial charge in [0.15, 0.2) is 5.82 Å². The Morgan fingerprint density at radius 1 is 1.12 bits per heavy atom. The molecule has 0 saturated heterocycles. The van der Waals surface area contributed by atoms with Gasteiger partial charge in [0.05, 0.1) is 0 Å². The molecule has 0 amide bonds. The first kappa shape index (κ1) is 10.5. The van der Waals surface area contributed by atoms with E-state index in [1.165, 1.54) is 12.1 Å². The number of aryl methyl sites for hydroxylation is 1. The van der Waals surface area contributed by atoms with Crippen LogP contribution >= 0.6 is 0 Å². The molecule has 1 aromatic heterocycles. The fourth-order valence-electron chi connectivity index (χ4n) is 1.31. The van der Waals surface area contributed by atoms with Crippen molar-refractivity contribution in [3.05, 3.63) is 47.3 Å². The van der Waals surface area contributed by atoms with E-state index >= 15 is 0 Å². The first-order chi connectivity index (χ1) is 7.66. The predicted octanol–water partition coefficient (Wildman–Crippen LogP) is 2.43. The van der Waals surface area contributed by atoms with E-state index in [0.29, 0.717) is 0 Å². The van der Waals surface area contributed by atoms with Gasteiger partial charge in [-0.15, -0.1) is 10.2 Å². The standard InChI is InChI=1S/C12H12FN3/c1-9-14-15-12(16(9)2)8-5-10-3-6-11(13)7-4-10/h3-8H,1-2H3/b8-5+. The summed E-state index contributed by atoms with van der Waals surface area (Å²) in [5.41, 5.74) is 0.932. The van der Waals surface area contributed by atoms with Crippen LogP contribution < -0.4 is 0 Å². The highest BCUT2D eigenvalue weighted by Crippen LogP contribution is 2.08. The van der Waals surface area contributed by atoms with Gasteiger partial charge in [0.2, 0.25) is 0 Å². The van der Waals surface area contributed by atoms with Crippen LogP contribution in [0, 0.1) is 12.7 Å². The summed E-state index contributed by atoms with van der Waals surface area (Å²) in [5, 5.41) is 7.94. The van der Waals surface area contributed by atoms with Crippen LogP contribution in [0.25, 0.3) is 12.2 Å². The van der Waals surface area contributed by atoms with Gasteiger partial charge in [-0.05, 0) is 30.7 Å². The maximum atomic E-state index is 12.7. The fraction of sp³-hybridized carbons (Fsp3) is 0.167. The number of hydrogen-bond donors (Lipinski definition) is 0. The van der Waals surface area contributed by atoms with Crippen molar-refractivity contribution in [3.63, 3.8) is 0 Å². The molecule has 1 aromatic carbocycles. The molecule has 0 aliphatic heterocycles. The van der Waals surface area contributed by atoms with Gasteiger partial charge in [-0.25, -0.2) is 4.39 Å². The van der Waals surface area contributed by atoms with Gasteiger partial charge in [0, 0.05) is 7.05 Å². The van der Waals surface area contributed by atoms with E-state index in [-0.39, 0.29) is 5.82 Å². The average molecular weight is 217 g/mol. The van der Waals surface area contributed by atoms with Crippen molar-refractivity contribution in [2.24, 2.45) is 7.05 Å². The molecule has 1 heterocycles. The molecule has 4 heteroatoms. The minimum atomic E-state index is -0.230. The Morgan fingerprint density at radius 3 is 2.38 bits per heavy atom. The molecule has 0 saturated carbocycles. The van der Waals surface area contributed by atoms with E-state index in [4.69, 9.17) is 0 Å². The fourth-order valence-corrected chi connectivity index (χ4v) is 1.31. The van der Waals surface area contributed by atoms with Crippen LogP contribution in [-0.4, -0.2) is 14.8 Å². The number of halogens is 1. The van der Waals surface area contributed by atoms with Crippen LogP contribution in [0.3, 0.4) is 0 Å². The molecule has 0 N–H and O–H groups in total. The van der Waals surface area contributed by atoms with Crippen molar-refractivity contribution in [1.29, 1.82) is 0 Å². The number of hydrogen-bond acceptors (Lipinski definition) is 2. The molecule has 2 aromatic rings. The number of rotatable bonds is 2. The summed E-state index contributed by atoms with van der Waals surface area (Å²) >= 11 is 0. The zero-order valence-corrected chi connectivity index (χ0v) is 9.18. The summed E-state index contributed by atoms with van der Waals surface area (Å²) in [7, 11) is 1.90. The average Bonchev–Trinajstić information content (AvgIpc) is 2.60. The van der Waals surface area contributed by atoms with E-state index in [1.807, 2.05) is 30.7 Å². The van der Waals surface area contributed by atoms with E-state index in [1.54, 1.807) is 12.1 Å². The van der Waals surface area contributed by atoms with Crippen LogP contribution in [0.5, 0.6) is 0 Å². The Bertz CT molecular complexity index is 512. The third kappa shape index (κ3) is 2.16. The van der Waals surface area contributed by atoms with Crippen LogP contribution in [0.4, 0.5) is 4.39 Å². The van der Waals surface area contributed by atoms with Gasteiger partial charge in [0.25, 0.3) is 0 Å². The second-order valence-electron chi connectivity index (χ2n) is 3.55. The quantitative estimate of drug-likeness (QED) is 0.773. The van der Waals surface area contributed by atoms with Gasteiger partial charge in [-0.1, -0.05) is 18.2 Å². The molecule has 0 spiro atoms. The lowest BCUT2D eigenvalue weighted by atomic mass is 10.2. The molecule has 2 rings (SSSR count). The largest absolute Gasteiger partial charge is 0.315 e. The van der Waals surface area contributed by atoms with Crippen molar-refractivity contribution >= 4 is 12.2 Å². The van der Waals surface area contributed by atoms with Crippen LogP contribution in [-0.2, 0) is 7.05 Å². The normalized spacial score (nSPS) is 11.2. The summed E-state index contributed by atoms with van der Waals surface area (Å²) in [6, 6.07) is 6.30. The number of benzene rings is 1. The van der Waals surface area contributed by atoms with Gasteiger partial charge < -0.3 is 4.57 Å². The molecule has 0 atom stereocenters. The second kappa shape index (κ2) is 4.26. The monoisotopic (exact) mass is 217 g/mol. The van der Waals surface area contributed by atoms with Crippen molar-refractivity contribution in [2.75, 3.05) is 0 Å². The minimum Gasteiger partial charge on any atom is -0.315 e. The molecule has 0 unspecified atom stereocenters. The summed E-state index contributed by atoms with van der Waals surface area (Å²) in [6.07, 6.45) is 3.73. The van der Waals surface area contributed by atoms with Crippen molar-refractivity contribution in [1.82, 2.24) is 14.8 Å². The molecule has 0 aliphatic rings. The van der Waals surface area contributed by atoms with E-state index in [9.17, 15) is 4.39 Å². The van der Waals surface area contributed by atoms with Crippen molar-refractivity contribution in [2.45, 2.75) is 6.92 Å². The first-order valence-electron chi connectivity index (χ1n) is 4.96. The first-order valence-corrected chi connectivity index (χ1v) is 4.96. The molecular weight excluding hydrogens is 205 g/mol.